The number of nitrogens with zero attached hydrogens (tertiary/aromatic N) is 3. The minimum Gasteiger partial charge on any atom is -0.354 e. The molecule has 2 heterocycles. The van der Waals surface area contributed by atoms with E-state index in [2.05, 4.69) is 15.3 Å². The van der Waals surface area contributed by atoms with E-state index < -0.39 is 17.8 Å². The van der Waals surface area contributed by atoms with Gasteiger partial charge in [-0.2, -0.15) is 13.2 Å². The smallest absolute Gasteiger partial charge is 0.354 e. The molecule has 9 heteroatoms. The maximum atomic E-state index is 13.7. The Hall–Kier alpha value is -2.87. The van der Waals surface area contributed by atoms with E-state index in [9.17, 15) is 18.0 Å². The van der Waals surface area contributed by atoms with E-state index in [0.29, 0.717) is 35.6 Å². The summed E-state index contributed by atoms with van der Waals surface area (Å²) in [6.07, 6.45) is -3.51. The van der Waals surface area contributed by atoms with Crippen LogP contribution >= 0.6 is 11.6 Å². The summed E-state index contributed by atoms with van der Waals surface area (Å²) in [5.74, 6) is -0.971. The van der Waals surface area contributed by atoms with E-state index in [1.807, 2.05) is 0 Å². The monoisotopic (exact) mass is 448 g/mol. The van der Waals surface area contributed by atoms with E-state index in [0.717, 1.165) is 5.56 Å². The quantitative estimate of drug-likeness (QED) is 0.577. The summed E-state index contributed by atoms with van der Waals surface area (Å²) in [4.78, 5) is 22.5. The van der Waals surface area contributed by atoms with Crippen LogP contribution < -0.4 is 10.2 Å². The van der Waals surface area contributed by atoms with Crippen molar-refractivity contribution in [1.29, 1.82) is 0 Å². The lowest BCUT2D eigenvalue weighted by molar-refractivity contribution is -0.140. The average molecular weight is 449 g/mol. The van der Waals surface area contributed by atoms with Gasteiger partial charge in [0.2, 0.25) is 5.91 Å². The van der Waals surface area contributed by atoms with Crippen LogP contribution in [0.3, 0.4) is 0 Å². The van der Waals surface area contributed by atoms with Gasteiger partial charge >= 0.3 is 6.18 Å². The molecule has 31 heavy (non-hydrogen) atoms. The first kappa shape index (κ1) is 21.4. The molecule has 0 radical (unpaired) electrons. The van der Waals surface area contributed by atoms with Crippen LogP contribution in [0.25, 0.3) is 11.0 Å². The van der Waals surface area contributed by atoms with Crippen LogP contribution in [-0.4, -0.2) is 29.0 Å². The Morgan fingerprint density at radius 2 is 1.84 bits per heavy atom. The molecule has 2 aromatic carbocycles. The van der Waals surface area contributed by atoms with Crippen LogP contribution in [-0.2, 0) is 11.0 Å². The Balaban J connectivity index is 1.62. The van der Waals surface area contributed by atoms with Crippen LogP contribution in [0.1, 0.15) is 24.1 Å². The first-order valence-corrected chi connectivity index (χ1v) is 10.3. The minimum atomic E-state index is -4.65. The number of hydrogen-bond donors (Lipinski definition) is 1. The fourth-order valence-corrected chi connectivity index (χ4v) is 3.94. The number of alkyl halides is 3. The molecular formula is C22H20ClF3N4O. The highest BCUT2D eigenvalue weighted by Crippen LogP contribution is 2.37. The summed E-state index contributed by atoms with van der Waals surface area (Å²) in [6.45, 7) is 2.29. The fraction of sp³-hybridized carbons (Fsp3) is 0.318. The summed E-state index contributed by atoms with van der Waals surface area (Å²) in [7, 11) is 0. The lowest BCUT2D eigenvalue weighted by Gasteiger charge is -2.34. The molecule has 4 rings (SSSR count). The number of rotatable bonds is 3. The molecule has 1 aliphatic heterocycles. The van der Waals surface area contributed by atoms with Crippen LogP contribution in [0.2, 0.25) is 5.02 Å². The van der Waals surface area contributed by atoms with Gasteiger partial charge in [0.15, 0.2) is 11.5 Å². The second-order valence-electron chi connectivity index (χ2n) is 7.57. The van der Waals surface area contributed by atoms with Crippen LogP contribution in [0.15, 0.2) is 42.5 Å². The molecule has 1 fully saturated rings. The fourth-order valence-electron chi connectivity index (χ4n) is 3.76. The molecule has 1 amide bonds. The largest absolute Gasteiger partial charge is 0.437 e. The molecule has 1 atom stereocenters. The van der Waals surface area contributed by atoms with Gasteiger partial charge in [0.25, 0.3) is 0 Å². The third-order valence-corrected chi connectivity index (χ3v) is 5.85. The molecule has 3 aromatic rings. The van der Waals surface area contributed by atoms with E-state index >= 15 is 0 Å². The van der Waals surface area contributed by atoms with Gasteiger partial charge in [-0.25, -0.2) is 9.97 Å². The molecule has 162 valence electrons. The number of para-hydroxylation sites is 2. The molecule has 5 nitrogen and oxygen atoms in total. The number of nitrogens with one attached hydrogen (secondary N) is 1. The third-order valence-electron chi connectivity index (χ3n) is 5.44. The van der Waals surface area contributed by atoms with E-state index in [1.165, 1.54) is 11.0 Å². The predicted molar refractivity (Wildman–Crippen MR) is 114 cm³/mol. The van der Waals surface area contributed by atoms with E-state index in [-0.39, 0.29) is 23.8 Å². The van der Waals surface area contributed by atoms with Crippen molar-refractivity contribution in [1.82, 2.24) is 9.97 Å². The van der Waals surface area contributed by atoms with Gasteiger partial charge in [-0.05, 0) is 49.6 Å². The molecule has 0 aliphatic carbocycles. The Morgan fingerprint density at radius 3 is 2.55 bits per heavy atom. The Bertz CT molecular complexity index is 1140. The summed E-state index contributed by atoms with van der Waals surface area (Å²) < 4.78 is 41.2. The van der Waals surface area contributed by atoms with Crippen molar-refractivity contribution >= 4 is 40.0 Å². The van der Waals surface area contributed by atoms with Crippen molar-refractivity contribution in [3.8, 4) is 0 Å². The molecule has 1 N–H and O–H groups in total. The first-order valence-electron chi connectivity index (χ1n) is 9.89. The second kappa shape index (κ2) is 8.34. The zero-order chi connectivity index (χ0) is 22.2. The minimum absolute atomic E-state index is 0.127. The molecular weight excluding hydrogens is 429 g/mol. The number of anilines is 2. The molecule has 1 aromatic heterocycles. The van der Waals surface area contributed by atoms with Gasteiger partial charge in [-0.15, -0.1) is 0 Å². The molecule has 1 unspecified atom stereocenters. The van der Waals surface area contributed by atoms with Gasteiger partial charge in [0.1, 0.15) is 0 Å². The number of carbonyl (C=O) groups is 1. The maximum Gasteiger partial charge on any atom is 0.437 e. The number of carbonyl (C=O) groups excluding carboxylic acids is 1. The van der Waals surface area contributed by atoms with Gasteiger partial charge in [0.05, 0.1) is 17.0 Å². The number of hydrogen-bond acceptors (Lipinski definition) is 4. The predicted octanol–water partition coefficient (Wildman–Crippen LogP) is 5.47. The van der Waals surface area contributed by atoms with Crippen molar-refractivity contribution < 1.29 is 18.0 Å². The normalized spacial score (nSPS) is 17.1. The molecule has 1 aliphatic rings. The topological polar surface area (TPSA) is 58.1 Å². The van der Waals surface area contributed by atoms with Crippen LogP contribution in [0.5, 0.6) is 0 Å². The zero-order valence-electron chi connectivity index (χ0n) is 16.7. The number of piperidine rings is 1. The van der Waals surface area contributed by atoms with E-state index in [4.69, 9.17) is 11.6 Å². The first-order chi connectivity index (χ1) is 14.7. The third kappa shape index (κ3) is 4.44. The van der Waals surface area contributed by atoms with Gasteiger partial charge in [0, 0.05) is 23.8 Å². The Morgan fingerprint density at radius 1 is 1.13 bits per heavy atom. The molecule has 1 saturated heterocycles. The van der Waals surface area contributed by atoms with Gasteiger partial charge < -0.3 is 10.2 Å². The number of benzene rings is 2. The Kier molecular flexibility index (Phi) is 5.75. The van der Waals surface area contributed by atoms with E-state index in [1.54, 1.807) is 43.3 Å². The molecule has 0 bridgehead atoms. The van der Waals surface area contributed by atoms with Crippen molar-refractivity contribution in [2.45, 2.75) is 25.9 Å². The number of halogens is 4. The lowest BCUT2D eigenvalue weighted by Crippen LogP contribution is -2.42. The Labute approximate surface area is 182 Å². The average Bonchev–Trinajstić information content (AvgIpc) is 2.75. The highest BCUT2D eigenvalue weighted by molar-refractivity contribution is 6.31. The highest BCUT2D eigenvalue weighted by atomic mass is 35.5. The maximum absolute atomic E-state index is 13.7. The van der Waals surface area contributed by atoms with Crippen molar-refractivity contribution in [2.75, 3.05) is 23.3 Å². The van der Waals surface area contributed by atoms with Crippen molar-refractivity contribution in [3.05, 3.63) is 58.7 Å². The number of aromatic nitrogens is 2. The van der Waals surface area contributed by atoms with Crippen LogP contribution in [0, 0.1) is 12.8 Å². The van der Waals surface area contributed by atoms with Crippen molar-refractivity contribution in [2.24, 2.45) is 5.92 Å². The van der Waals surface area contributed by atoms with Crippen LogP contribution in [0.4, 0.5) is 24.7 Å². The SMILES string of the molecule is Cc1c(Cl)cccc1NC(=O)C1CCCN(c2nc3ccccc3nc2C(F)(F)F)C1. The lowest BCUT2D eigenvalue weighted by atomic mass is 9.96. The summed E-state index contributed by atoms with van der Waals surface area (Å²) in [6, 6.07) is 11.7. The second-order valence-corrected chi connectivity index (χ2v) is 7.98. The molecule has 0 saturated carbocycles. The molecule has 0 spiro atoms. The van der Waals surface area contributed by atoms with Gasteiger partial charge in [-0.3, -0.25) is 4.79 Å². The standard InChI is InChI=1S/C22H20ClF3N4O/c1-13-15(23)7-4-10-16(13)29-21(31)14-6-5-11-30(12-14)20-19(22(24,25)26)27-17-8-2-3-9-18(17)28-20/h2-4,7-10,14H,5-6,11-12H2,1H3,(H,29,31). The summed E-state index contributed by atoms with van der Waals surface area (Å²) in [5.41, 5.74) is 0.868. The number of fused-ring (bicyclic) bond motifs is 1. The zero-order valence-corrected chi connectivity index (χ0v) is 17.5. The summed E-state index contributed by atoms with van der Waals surface area (Å²) in [5, 5.41) is 3.39. The summed E-state index contributed by atoms with van der Waals surface area (Å²) >= 11 is 6.11. The van der Waals surface area contributed by atoms with Gasteiger partial charge in [-0.1, -0.05) is 29.8 Å². The highest BCUT2D eigenvalue weighted by Gasteiger charge is 2.40. The van der Waals surface area contributed by atoms with Crippen molar-refractivity contribution in [3.63, 3.8) is 0 Å². The number of amides is 1.